The molecule has 57 heavy (non-hydrogen) atoms. The molecule has 1 aromatic carbocycles. The van der Waals surface area contributed by atoms with Gasteiger partial charge in [-0.05, 0) is 88.4 Å². The second kappa shape index (κ2) is 19.5. The van der Waals surface area contributed by atoms with Crippen molar-refractivity contribution < 1.29 is 69.3 Å². The van der Waals surface area contributed by atoms with E-state index in [0.29, 0.717) is 53.8 Å². The first kappa shape index (κ1) is 47.2. The van der Waals surface area contributed by atoms with Crippen molar-refractivity contribution in [2.24, 2.45) is 23.7 Å². The Morgan fingerprint density at radius 2 is 1.42 bits per heavy atom. The van der Waals surface area contributed by atoms with Crippen LogP contribution in [0.3, 0.4) is 0 Å². The van der Waals surface area contributed by atoms with Crippen LogP contribution in [-0.2, 0) is 24.4 Å². The van der Waals surface area contributed by atoms with E-state index in [0.717, 1.165) is 62.0 Å². The number of halogens is 7. The topological polar surface area (TPSA) is 214 Å². The van der Waals surface area contributed by atoms with Gasteiger partial charge in [-0.25, -0.2) is 32.1 Å². The summed E-state index contributed by atoms with van der Waals surface area (Å²) in [6, 6.07) is 6.79. The van der Waals surface area contributed by atoms with Crippen LogP contribution in [0.2, 0.25) is 5.15 Å². The molecule has 1 aliphatic carbocycles. The van der Waals surface area contributed by atoms with Crippen LogP contribution in [0.1, 0.15) is 56.8 Å². The molecule has 2 aliphatic heterocycles. The molecule has 1 aromatic heterocycles. The van der Waals surface area contributed by atoms with E-state index in [-0.39, 0.29) is 23.8 Å². The Labute approximate surface area is 329 Å². The number of aliphatic carboxylic acids is 2. The Morgan fingerprint density at radius 1 is 0.912 bits per heavy atom. The largest absolute Gasteiger partial charge is 0.490 e. The molecule has 1 saturated carbocycles. The normalized spacial score (nSPS) is 22.1. The number of carboxylic acid groups (broad SMARTS) is 3. The first-order valence-corrected chi connectivity index (χ1v) is 19.9. The van der Waals surface area contributed by atoms with E-state index >= 15 is 0 Å². The van der Waals surface area contributed by atoms with Crippen molar-refractivity contribution in [1.82, 2.24) is 24.5 Å². The SMILES string of the molecule is CNCC1CCC(C(=O)N2C[C@@H](C3CCN(S(C)(=O)=O)CC3)C[C@H]2c2nc(Cl)c(-c3ccc(N(C)C(=O)O)cc3)[nH]2)CC1.O=C(O)C(F)(F)F.O=C(O)C(F)(F)F. The van der Waals surface area contributed by atoms with E-state index in [4.69, 9.17) is 36.4 Å². The van der Waals surface area contributed by atoms with Crippen LogP contribution in [0.15, 0.2) is 24.3 Å². The van der Waals surface area contributed by atoms with Crippen LogP contribution in [0.5, 0.6) is 0 Å². The monoisotopic (exact) mass is 862 g/mol. The molecule has 0 unspecified atom stereocenters. The van der Waals surface area contributed by atoms with Gasteiger partial charge in [0, 0.05) is 43.9 Å². The van der Waals surface area contributed by atoms with Crippen molar-refractivity contribution in [3.63, 3.8) is 0 Å². The minimum atomic E-state index is -5.08. The van der Waals surface area contributed by atoms with Gasteiger partial charge in [-0.1, -0.05) is 23.7 Å². The van der Waals surface area contributed by atoms with Gasteiger partial charge >= 0.3 is 30.4 Å². The minimum absolute atomic E-state index is 0.00916. The highest BCUT2D eigenvalue weighted by Crippen LogP contribution is 2.44. The number of carbonyl (C=O) groups is 4. The van der Waals surface area contributed by atoms with Crippen LogP contribution in [0.25, 0.3) is 11.3 Å². The predicted octanol–water partition coefficient (Wildman–Crippen LogP) is 5.70. The predicted molar refractivity (Wildman–Crippen MR) is 194 cm³/mol. The number of carboxylic acids is 2. The Balaban J connectivity index is 0.000000531. The van der Waals surface area contributed by atoms with Gasteiger partial charge in [-0.2, -0.15) is 26.3 Å². The van der Waals surface area contributed by atoms with Crippen molar-refractivity contribution >= 4 is 51.3 Å². The van der Waals surface area contributed by atoms with Gasteiger partial charge < -0.3 is 30.5 Å². The summed E-state index contributed by atoms with van der Waals surface area (Å²) in [4.78, 5) is 54.5. The van der Waals surface area contributed by atoms with Crippen LogP contribution in [0.4, 0.5) is 36.8 Å². The number of aromatic nitrogens is 2. The number of piperidine rings is 1. The number of hydrogen-bond acceptors (Lipinski definition) is 8. The zero-order valence-electron chi connectivity index (χ0n) is 31.1. The molecule has 2 amide bonds. The van der Waals surface area contributed by atoms with E-state index < -0.39 is 40.4 Å². The Morgan fingerprint density at radius 3 is 1.86 bits per heavy atom. The third kappa shape index (κ3) is 13.2. The van der Waals surface area contributed by atoms with Crippen molar-refractivity contribution in [3.8, 4) is 11.3 Å². The maximum atomic E-state index is 14.1. The number of sulfonamides is 1. The van der Waals surface area contributed by atoms with Gasteiger partial charge in [0.15, 0.2) is 5.15 Å². The summed E-state index contributed by atoms with van der Waals surface area (Å²) in [6.07, 6.45) is -3.81. The highest BCUT2D eigenvalue weighted by Gasteiger charge is 2.44. The molecule has 2 atom stereocenters. The summed E-state index contributed by atoms with van der Waals surface area (Å²) in [5.41, 5.74) is 1.94. The molecule has 2 aromatic rings. The van der Waals surface area contributed by atoms with Gasteiger partial charge in [0.25, 0.3) is 0 Å². The summed E-state index contributed by atoms with van der Waals surface area (Å²) in [7, 11) is 0.244. The summed E-state index contributed by atoms with van der Waals surface area (Å²) in [6.45, 7) is 2.63. The lowest BCUT2D eigenvalue weighted by atomic mass is 9.81. The fourth-order valence-electron chi connectivity index (χ4n) is 7.21. The number of benzene rings is 1. The molecule has 15 nitrogen and oxygen atoms in total. The van der Waals surface area contributed by atoms with Crippen molar-refractivity contribution in [2.75, 3.05) is 51.4 Å². The van der Waals surface area contributed by atoms with E-state index in [1.807, 2.05) is 11.9 Å². The molecule has 0 radical (unpaired) electrons. The van der Waals surface area contributed by atoms with E-state index in [1.54, 1.807) is 28.6 Å². The summed E-state index contributed by atoms with van der Waals surface area (Å²) < 4.78 is 89.2. The number of hydrogen-bond donors (Lipinski definition) is 5. The number of rotatable bonds is 8. The third-order valence-corrected chi connectivity index (χ3v) is 11.8. The molecule has 23 heteroatoms. The molecule has 320 valence electrons. The lowest BCUT2D eigenvalue weighted by Gasteiger charge is -2.34. The van der Waals surface area contributed by atoms with Gasteiger partial charge in [-0.15, -0.1) is 0 Å². The lowest BCUT2D eigenvalue weighted by molar-refractivity contribution is -0.193. The fraction of sp³-hybridized carbons (Fsp3) is 0.618. The van der Waals surface area contributed by atoms with Crippen LogP contribution in [-0.4, -0.2) is 126 Å². The van der Waals surface area contributed by atoms with Gasteiger partial charge in [-0.3, -0.25) is 9.69 Å². The van der Waals surface area contributed by atoms with E-state index in [9.17, 15) is 49.5 Å². The number of H-pyrrole nitrogens is 1. The molecule has 0 bridgehead atoms. The van der Waals surface area contributed by atoms with Gasteiger partial charge in [0.2, 0.25) is 15.9 Å². The van der Waals surface area contributed by atoms with Gasteiger partial charge in [0.1, 0.15) is 5.82 Å². The minimum Gasteiger partial charge on any atom is -0.475 e. The molecule has 2 saturated heterocycles. The summed E-state index contributed by atoms with van der Waals surface area (Å²) >= 11 is 6.66. The molecule has 3 aliphatic rings. The molecular formula is C34H45ClF6N6O9S. The quantitative estimate of drug-likeness (QED) is 0.203. The second-order valence-corrected chi connectivity index (χ2v) is 16.4. The molecule has 5 rings (SSSR count). The molecule has 0 spiro atoms. The molecule has 3 fully saturated rings. The van der Waals surface area contributed by atoms with Crippen molar-refractivity contribution in [3.05, 3.63) is 35.2 Å². The first-order chi connectivity index (χ1) is 26.3. The zero-order chi connectivity index (χ0) is 43.0. The van der Waals surface area contributed by atoms with Crippen LogP contribution < -0.4 is 10.2 Å². The zero-order valence-corrected chi connectivity index (χ0v) is 32.7. The molecular weight excluding hydrogens is 818 g/mol. The van der Waals surface area contributed by atoms with E-state index in [2.05, 4.69) is 10.3 Å². The standard InChI is InChI=1S/C30H43ClN6O5S.2C2HF3O2/c1-32-17-19-4-6-22(7-5-19)29(38)37-18-23(20-12-14-36(15-13-20)43(3,41)42)16-25(37)28-33-26(27(31)34-28)21-8-10-24(11-9-21)35(2)30(39)40;2*3-2(4,5)1(6)7/h8-11,19-20,22-23,25,32H,4-7,12-18H2,1-3H3,(H,33,34)(H,39,40);2*(H,6,7)/t19?,22?,23-,25-;;/m0../s1. The number of nitrogens with zero attached hydrogens (tertiary/aromatic N) is 4. The van der Waals surface area contributed by atoms with Crippen molar-refractivity contribution in [2.45, 2.75) is 63.3 Å². The Bertz CT molecular complexity index is 1790. The number of likely N-dealkylation sites (tertiary alicyclic amines) is 1. The van der Waals surface area contributed by atoms with Gasteiger partial charge in [0.05, 0.1) is 18.0 Å². The highest BCUT2D eigenvalue weighted by molar-refractivity contribution is 7.88. The fourth-order valence-corrected chi connectivity index (χ4v) is 8.33. The number of alkyl halides is 6. The number of nitrogens with one attached hydrogen (secondary N) is 2. The summed E-state index contributed by atoms with van der Waals surface area (Å²) in [5.74, 6) is -3.52. The average molecular weight is 863 g/mol. The highest BCUT2D eigenvalue weighted by atomic mass is 35.5. The smallest absolute Gasteiger partial charge is 0.475 e. The number of amides is 2. The number of aromatic amines is 1. The molecule has 5 N–H and O–H groups in total. The average Bonchev–Trinajstić information content (AvgIpc) is 3.75. The van der Waals surface area contributed by atoms with Crippen LogP contribution in [0, 0.1) is 23.7 Å². The first-order valence-electron chi connectivity index (χ1n) is 17.7. The van der Waals surface area contributed by atoms with Crippen molar-refractivity contribution in [1.29, 1.82) is 0 Å². The summed E-state index contributed by atoms with van der Waals surface area (Å²) in [5, 5.41) is 27.1. The Hall–Kier alpha value is -4.15. The maximum absolute atomic E-state index is 14.1. The van der Waals surface area contributed by atoms with E-state index in [1.165, 1.54) is 13.3 Å². The van der Waals surface area contributed by atoms with Crippen LogP contribution >= 0.6 is 11.6 Å². The maximum Gasteiger partial charge on any atom is 0.490 e. The molecule has 3 heterocycles. The lowest BCUT2D eigenvalue weighted by Crippen LogP contribution is -2.41. The third-order valence-electron chi connectivity index (χ3n) is 10.2. The number of carbonyl (C=O) groups excluding carboxylic acids is 1. The Kier molecular flexibility index (Phi) is 16.2. The number of imidazole rings is 1. The second-order valence-electron chi connectivity index (χ2n) is 14.1. The number of anilines is 1.